The van der Waals surface area contributed by atoms with Gasteiger partial charge in [0.1, 0.15) is 0 Å². The number of hydrogen-bond acceptors (Lipinski definition) is 2. The highest BCUT2D eigenvalue weighted by Gasteiger charge is 2.31. The molecule has 0 aliphatic heterocycles. The SMILES string of the molecule is CC1=CC(O)CC(C)(C)/C1=C/C=C(C)/C=C/C=C(C)/C=C/C=C/C(C)=C/C=C/C(C)=C/C=C1\C(C)=CC(O)CC1(C)C. The van der Waals surface area contributed by atoms with Crippen LogP contribution in [-0.4, -0.2) is 22.4 Å². The van der Waals surface area contributed by atoms with Gasteiger partial charge in [0.2, 0.25) is 0 Å². The van der Waals surface area contributed by atoms with Crippen molar-refractivity contribution in [3.8, 4) is 0 Å². The molecule has 2 atom stereocenters. The zero-order valence-corrected chi connectivity index (χ0v) is 27.7. The van der Waals surface area contributed by atoms with Crippen LogP contribution in [0.5, 0.6) is 0 Å². The van der Waals surface area contributed by atoms with Crippen LogP contribution < -0.4 is 0 Å². The first-order chi connectivity index (χ1) is 19.6. The van der Waals surface area contributed by atoms with Crippen molar-refractivity contribution in [3.05, 3.63) is 142 Å². The van der Waals surface area contributed by atoms with Crippen LogP contribution in [-0.2, 0) is 0 Å². The minimum absolute atomic E-state index is 0.0267. The van der Waals surface area contributed by atoms with E-state index in [2.05, 4.69) is 154 Å². The van der Waals surface area contributed by atoms with Crippen LogP contribution in [0.1, 0.15) is 82.1 Å². The lowest BCUT2D eigenvalue weighted by molar-refractivity contribution is 0.160. The molecule has 2 aliphatic rings. The van der Waals surface area contributed by atoms with Gasteiger partial charge in [-0.25, -0.2) is 0 Å². The summed E-state index contributed by atoms with van der Waals surface area (Å²) in [7, 11) is 0. The largest absolute Gasteiger partial charge is 0.389 e. The smallest absolute Gasteiger partial charge is 0.0734 e. The summed E-state index contributed by atoms with van der Waals surface area (Å²) in [5.74, 6) is 0. The predicted molar refractivity (Wildman–Crippen MR) is 184 cm³/mol. The molecule has 2 nitrogen and oxygen atoms in total. The van der Waals surface area contributed by atoms with E-state index in [1.165, 1.54) is 33.4 Å². The first kappa shape index (κ1) is 35.0. The monoisotopic (exact) mass is 566 g/mol. The Morgan fingerprint density at radius 2 is 0.881 bits per heavy atom. The molecular formula is C40H54O2. The molecule has 0 radical (unpaired) electrons. The fourth-order valence-corrected chi connectivity index (χ4v) is 5.69. The molecule has 2 aliphatic carbocycles. The molecule has 2 rings (SSSR count). The van der Waals surface area contributed by atoms with E-state index in [-0.39, 0.29) is 23.0 Å². The van der Waals surface area contributed by atoms with Crippen molar-refractivity contribution in [1.82, 2.24) is 0 Å². The predicted octanol–water partition coefficient (Wildman–Crippen LogP) is 10.3. The van der Waals surface area contributed by atoms with Gasteiger partial charge in [-0.15, -0.1) is 0 Å². The first-order valence-corrected chi connectivity index (χ1v) is 15.2. The second-order valence-corrected chi connectivity index (χ2v) is 13.2. The van der Waals surface area contributed by atoms with Gasteiger partial charge in [0.15, 0.2) is 0 Å². The molecule has 2 heteroatoms. The summed E-state index contributed by atoms with van der Waals surface area (Å²) in [4.78, 5) is 0. The van der Waals surface area contributed by atoms with E-state index in [0.29, 0.717) is 0 Å². The third-order valence-electron chi connectivity index (χ3n) is 7.92. The van der Waals surface area contributed by atoms with Gasteiger partial charge in [0.25, 0.3) is 0 Å². The van der Waals surface area contributed by atoms with Crippen molar-refractivity contribution in [1.29, 1.82) is 0 Å². The van der Waals surface area contributed by atoms with Crippen LogP contribution in [0.25, 0.3) is 0 Å². The maximum absolute atomic E-state index is 10.0. The van der Waals surface area contributed by atoms with Crippen molar-refractivity contribution in [2.24, 2.45) is 10.8 Å². The Labute approximate surface area is 256 Å². The number of rotatable bonds is 9. The Hall–Kier alpha value is -3.20. The van der Waals surface area contributed by atoms with Gasteiger partial charge in [-0.3, -0.25) is 0 Å². The highest BCUT2D eigenvalue weighted by atomic mass is 16.3. The standard InChI is InChI=1S/C40H54O2/c1-29(17-13-19-31(3)21-23-37-33(5)25-35(41)27-39(37,7)8)15-11-12-16-30(2)18-14-20-32(4)22-24-38-34(6)26-36(42)28-40(38,9)10/h11-26,35-36,41-42H,27-28H2,1-10H3/b15-11+,16-12+,19-13+,20-14+,29-17+,30-18+,31-21+,32-22+,37-23+,38-24+. The summed E-state index contributed by atoms with van der Waals surface area (Å²) < 4.78 is 0. The molecule has 0 amide bonds. The highest BCUT2D eigenvalue weighted by molar-refractivity contribution is 5.43. The third-order valence-corrected chi connectivity index (χ3v) is 7.92. The van der Waals surface area contributed by atoms with Crippen LogP contribution >= 0.6 is 0 Å². The van der Waals surface area contributed by atoms with Crippen LogP contribution in [0.4, 0.5) is 0 Å². The molecule has 42 heavy (non-hydrogen) atoms. The summed E-state index contributed by atoms with van der Waals surface area (Å²) in [6.45, 7) is 21.4. The minimum Gasteiger partial charge on any atom is -0.389 e. The summed E-state index contributed by atoms with van der Waals surface area (Å²) in [6, 6.07) is 0. The Bertz CT molecular complexity index is 1230. The second-order valence-electron chi connectivity index (χ2n) is 13.2. The fraction of sp³-hybridized carbons (Fsp3) is 0.400. The van der Waals surface area contributed by atoms with E-state index in [1.54, 1.807) is 0 Å². The molecule has 0 aromatic carbocycles. The van der Waals surface area contributed by atoms with Crippen molar-refractivity contribution in [2.45, 2.75) is 94.3 Å². The Balaban J connectivity index is 1.92. The summed E-state index contributed by atoms with van der Waals surface area (Å²) in [5, 5.41) is 20.1. The van der Waals surface area contributed by atoms with Gasteiger partial charge < -0.3 is 10.2 Å². The quantitative estimate of drug-likeness (QED) is 0.273. The van der Waals surface area contributed by atoms with Crippen molar-refractivity contribution in [2.75, 3.05) is 0 Å². The topological polar surface area (TPSA) is 40.5 Å². The summed E-state index contributed by atoms with van der Waals surface area (Å²) >= 11 is 0. The number of aliphatic hydroxyl groups excluding tert-OH is 2. The van der Waals surface area contributed by atoms with Gasteiger partial charge in [-0.05, 0) is 87.5 Å². The van der Waals surface area contributed by atoms with Gasteiger partial charge >= 0.3 is 0 Å². The van der Waals surface area contributed by atoms with E-state index >= 15 is 0 Å². The van der Waals surface area contributed by atoms with Gasteiger partial charge in [0, 0.05) is 0 Å². The fourth-order valence-electron chi connectivity index (χ4n) is 5.69. The highest BCUT2D eigenvalue weighted by Crippen LogP contribution is 2.41. The van der Waals surface area contributed by atoms with E-state index < -0.39 is 0 Å². The molecule has 0 bridgehead atoms. The van der Waals surface area contributed by atoms with Crippen molar-refractivity contribution >= 4 is 0 Å². The molecule has 0 spiro atoms. The zero-order chi connectivity index (χ0) is 31.5. The van der Waals surface area contributed by atoms with E-state index in [9.17, 15) is 10.2 Å². The molecule has 226 valence electrons. The van der Waals surface area contributed by atoms with Crippen LogP contribution in [0, 0.1) is 10.8 Å². The van der Waals surface area contributed by atoms with Crippen LogP contribution in [0.2, 0.25) is 0 Å². The maximum atomic E-state index is 10.0. The van der Waals surface area contributed by atoms with Crippen molar-refractivity contribution in [3.63, 3.8) is 0 Å². The van der Waals surface area contributed by atoms with Crippen LogP contribution in [0.15, 0.2) is 142 Å². The molecule has 2 N–H and O–H groups in total. The lowest BCUT2D eigenvalue weighted by Gasteiger charge is -2.34. The molecule has 0 fully saturated rings. The summed E-state index contributed by atoms with van der Waals surface area (Å²) in [5.41, 5.74) is 9.59. The number of aliphatic hydroxyl groups is 2. The molecular weight excluding hydrogens is 512 g/mol. The maximum Gasteiger partial charge on any atom is 0.0734 e. The molecule has 0 heterocycles. The van der Waals surface area contributed by atoms with E-state index in [1.807, 2.05) is 12.2 Å². The molecule has 0 aromatic rings. The Kier molecular flexibility index (Phi) is 13.2. The average molecular weight is 567 g/mol. The summed E-state index contributed by atoms with van der Waals surface area (Å²) in [6.07, 6.45) is 34.4. The van der Waals surface area contributed by atoms with Crippen LogP contribution in [0.3, 0.4) is 0 Å². The Morgan fingerprint density at radius 1 is 0.571 bits per heavy atom. The number of hydrogen-bond donors (Lipinski definition) is 2. The molecule has 0 aromatic heterocycles. The normalized spacial score (nSPS) is 26.4. The molecule has 2 unspecified atom stereocenters. The lowest BCUT2D eigenvalue weighted by atomic mass is 9.72. The third kappa shape index (κ3) is 11.6. The van der Waals surface area contributed by atoms with Gasteiger partial charge in [-0.2, -0.15) is 0 Å². The second kappa shape index (κ2) is 15.9. The minimum atomic E-state index is -0.352. The molecule has 0 saturated carbocycles. The van der Waals surface area contributed by atoms with Crippen molar-refractivity contribution < 1.29 is 10.2 Å². The van der Waals surface area contributed by atoms with E-state index in [4.69, 9.17) is 0 Å². The first-order valence-electron chi connectivity index (χ1n) is 15.2. The Morgan fingerprint density at radius 3 is 1.21 bits per heavy atom. The average Bonchev–Trinajstić information content (AvgIpc) is 2.84. The zero-order valence-electron chi connectivity index (χ0n) is 27.7. The molecule has 0 saturated heterocycles. The number of allylic oxidation sites excluding steroid dienone is 22. The van der Waals surface area contributed by atoms with E-state index in [0.717, 1.165) is 24.0 Å². The lowest BCUT2D eigenvalue weighted by Crippen LogP contribution is -2.27. The van der Waals surface area contributed by atoms with Gasteiger partial charge in [-0.1, -0.05) is 147 Å². The van der Waals surface area contributed by atoms with Gasteiger partial charge in [0.05, 0.1) is 12.2 Å².